The van der Waals surface area contributed by atoms with Crippen LogP contribution in [0.25, 0.3) is 0 Å². The fraction of sp³-hybridized carbons (Fsp3) is 0.947. The molecular formula is C19H35NO3S2. The van der Waals surface area contributed by atoms with Crippen LogP contribution in [0.2, 0.25) is 0 Å². The molecule has 2 fully saturated rings. The van der Waals surface area contributed by atoms with Crippen LogP contribution in [0.15, 0.2) is 0 Å². The molecule has 0 radical (unpaired) electrons. The van der Waals surface area contributed by atoms with Gasteiger partial charge in [0, 0.05) is 6.04 Å². The summed E-state index contributed by atoms with van der Waals surface area (Å²) in [6.45, 7) is 5.61. The van der Waals surface area contributed by atoms with Gasteiger partial charge in [0.1, 0.15) is 5.60 Å². The van der Waals surface area contributed by atoms with E-state index in [1.54, 1.807) is 0 Å². The van der Waals surface area contributed by atoms with E-state index in [9.17, 15) is 9.90 Å². The lowest BCUT2D eigenvalue weighted by Gasteiger charge is -2.36. The van der Waals surface area contributed by atoms with E-state index in [0.717, 1.165) is 24.3 Å². The topological polar surface area (TPSA) is 72.5 Å². The molecule has 25 heavy (non-hydrogen) atoms. The van der Waals surface area contributed by atoms with Gasteiger partial charge in [-0.25, -0.2) is 0 Å². The van der Waals surface area contributed by atoms with E-state index in [1.165, 1.54) is 25.7 Å². The van der Waals surface area contributed by atoms with Crippen LogP contribution in [-0.2, 0) is 9.53 Å². The Kier molecular flexibility index (Phi) is 8.44. The molecule has 1 heterocycles. The largest absolute Gasteiger partial charge is 0.460 e. The van der Waals surface area contributed by atoms with Gasteiger partial charge in [-0.15, -0.1) is 23.5 Å². The molecule has 4 nitrogen and oxygen atoms in total. The summed E-state index contributed by atoms with van der Waals surface area (Å²) in [5.41, 5.74) is 5.98. The van der Waals surface area contributed by atoms with E-state index < -0.39 is 17.6 Å². The Morgan fingerprint density at radius 3 is 2.32 bits per heavy atom. The van der Waals surface area contributed by atoms with Gasteiger partial charge in [-0.3, -0.25) is 4.79 Å². The minimum atomic E-state index is -0.727. The number of rotatable bonds is 6. The normalized spacial score (nSPS) is 24.5. The Labute approximate surface area is 161 Å². The predicted octanol–water partition coefficient (Wildman–Crippen LogP) is 3.80. The second kappa shape index (κ2) is 9.86. The van der Waals surface area contributed by atoms with Crippen molar-refractivity contribution in [3.05, 3.63) is 0 Å². The number of hydrogen-bond donors (Lipinski definition) is 2. The van der Waals surface area contributed by atoms with Gasteiger partial charge in [-0.1, -0.05) is 19.3 Å². The third kappa shape index (κ3) is 6.96. The Balaban J connectivity index is 2.07. The van der Waals surface area contributed by atoms with Crippen molar-refractivity contribution in [1.82, 2.24) is 0 Å². The van der Waals surface area contributed by atoms with Crippen LogP contribution in [-0.4, -0.2) is 44.9 Å². The molecule has 2 rings (SSSR count). The van der Waals surface area contributed by atoms with Crippen LogP contribution in [0.3, 0.4) is 0 Å². The van der Waals surface area contributed by atoms with Gasteiger partial charge < -0.3 is 15.6 Å². The van der Waals surface area contributed by atoms with Crippen molar-refractivity contribution < 1.29 is 14.6 Å². The smallest absolute Gasteiger partial charge is 0.313 e. The van der Waals surface area contributed by atoms with Gasteiger partial charge >= 0.3 is 5.97 Å². The number of carbonyl (C=O) groups is 1. The van der Waals surface area contributed by atoms with Gasteiger partial charge in [0.25, 0.3) is 0 Å². The molecule has 0 spiro atoms. The maximum Gasteiger partial charge on any atom is 0.313 e. The number of thioether (sulfide) groups is 2. The molecule has 0 bridgehead atoms. The lowest BCUT2D eigenvalue weighted by molar-refractivity contribution is -0.166. The molecular weight excluding hydrogens is 354 g/mol. The zero-order chi connectivity index (χ0) is 18.4. The number of nitrogens with two attached hydrogens (primary N) is 1. The Hall–Kier alpha value is 0.0900. The minimum Gasteiger partial charge on any atom is -0.460 e. The van der Waals surface area contributed by atoms with Crippen molar-refractivity contribution in [3.63, 3.8) is 0 Å². The summed E-state index contributed by atoms with van der Waals surface area (Å²) in [5, 5.41) is 10.9. The molecule has 0 amide bonds. The summed E-state index contributed by atoms with van der Waals surface area (Å²) in [7, 11) is 0. The third-order valence-electron chi connectivity index (χ3n) is 5.03. The molecule has 3 atom stereocenters. The first-order valence-electron chi connectivity index (χ1n) is 9.67. The summed E-state index contributed by atoms with van der Waals surface area (Å²) in [6, 6.07) is -0.316. The zero-order valence-electron chi connectivity index (χ0n) is 15.9. The molecule has 1 unspecified atom stereocenters. The molecule has 6 heteroatoms. The molecule has 146 valence electrons. The van der Waals surface area contributed by atoms with Crippen LogP contribution in [0.1, 0.15) is 65.7 Å². The molecule has 3 N–H and O–H groups in total. The first-order chi connectivity index (χ1) is 11.8. The third-order valence-corrected chi connectivity index (χ3v) is 8.03. The molecule has 1 saturated heterocycles. The van der Waals surface area contributed by atoms with Crippen molar-refractivity contribution in [2.24, 2.45) is 17.6 Å². The quantitative estimate of drug-likeness (QED) is 0.673. The monoisotopic (exact) mass is 389 g/mol. The SMILES string of the molecule is CC(C)(C)OC(=O)[C@@H](C(N)C1CCCCC1)[C@@H](O)CC1SCCCS1. The van der Waals surface area contributed by atoms with E-state index >= 15 is 0 Å². The van der Waals surface area contributed by atoms with E-state index in [-0.39, 0.29) is 12.0 Å². The molecule has 0 aromatic rings. The van der Waals surface area contributed by atoms with Crippen LogP contribution >= 0.6 is 23.5 Å². The highest BCUT2D eigenvalue weighted by Gasteiger charge is 2.40. The standard InChI is InChI=1S/C19H35NO3S2/c1-19(2,3)23-18(22)16(17(20)13-8-5-4-6-9-13)14(21)12-15-24-10-7-11-25-15/h13-17,21H,4-12,20H2,1-3H3/t14-,16+,17?/m0/s1. The van der Waals surface area contributed by atoms with Crippen molar-refractivity contribution in [2.45, 2.75) is 88.0 Å². The second-order valence-corrected chi connectivity index (χ2v) is 11.3. The number of ether oxygens (including phenoxy) is 1. The van der Waals surface area contributed by atoms with Crippen molar-refractivity contribution in [1.29, 1.82) is 0 Å². The highest BCUT2D eigenvalue weighted by molar-refractivity contribution is 8.17. The summed E-state index contributed by atoms with van der Waals surface area (Å²) in [4.78, 5) is 12.9. The van der Waals surface area contributed by atoms with Crippen LogP contribution in [0, 0.1) is 11.8 Å². The van der Waals surface area contributed by atoms with Crippen molar-refractivity contribution in [3.8, 4) is 0 Å². The van der Waals surface area contributed by atoms with Gasteiger partial charge in [-0.05, 0) is 63.9 Å². The van der Waals surface area contributed by atoms with Gasteiger partial charge in [-0.2, -0.15) is 0 Å². The minimum absolute atomic E-state index is 0.313. The molecule has 2 aliphatic rings. The number of aliphatic hydroxyl groups excluding tert-OH is 1. The molecule has 1 aliphatic carbocycles. The lowest BCUT2D eigenvalue weighted by atomic mass is 9.77. The first kappa shape index (κ1) is 21.4. The maximum absolute atomic E-state index is 12.9. The number of esters is 1. The van der Waals surface area contributed by atoms with Gasteiger partial charge in [0.05, 0.1) is 16.6 Å². The Morgan fingerprint density at radius 2 is 1.76 bits per heavy atom. The van der Waals surface area contributed by atoms with E-state index in [1.807, 2.05) is 44.3 Å². The summed E-state index contributed by atoms with van der Waals surface area (Å²) < 4.78 is 5.98. The highest BCUT2D eigenvalue weighted by atomic mass is 32.2. The van der Waals surface area contributed by atoms with Gasteiger partial charge in [0.15, 0.2) is 0 Å². The highest BCUT2D eigenvalue weighted by Crippen LogP contribution is 2.37. The molecule has 0 aromatic heterocycles. The fourth-order valence-electron chi connectivity index (χ4n) is 3.77. The molecule has 0 aromatic carbocycles. The van der Waals surface area contributed by atoms with Gasteiger partial charge in [0.2, 0.25) is 0 Å². The van der Waals surface area contributed by atoms with Crippen LogP contribution in [0.4, 0.5) is 0 Å². The lowest BCUT2D eigenvalue weighted by Crippen LogP contribution is -2.50. The average Bonchev–Trinajstić information content (AvgIpc) is 2.55. The summed E-state index contributed by atoms with van der Waals surface area (Å²) >= 11 is 3.78. The number of aliphatic hydroxyl groups is 1. The number of hydrogen-bond acceptors (Lipinski definition) is 6. The molecule has 1 aliphatic heterocycles. The van der Waals surface area contributed by atoms with E-state index in [4.69, 9.17) is 10.5 Å². The maximum atomic E-state index is 12.9. The van der Waals surface area contributed by atoms with Crippen molar-refractivity contribution in [2.75, 3.05) is 11.5 Å². The predicted molar refractivity (Wildman–Crippen MR) is 108 cm³/mol. The van der Waals surface area contributed by atoms with E-state index in [2.05, 4.69) is 0 Å². The molecule has 1 saturated carbocycles. The number of carbonyl (C=O) groups excluding carboxylic acids is 1. The Bertz CT molecular complexity index is 415. The zero-order valence-corrected chi connectivity index (χ0v) is 17.5. The van der Waals surface area contributed by atoms with Crippen LogP contribution < -0.4 is 5.73 Å². The van der Waals surface area contributed by atoms with E-state index in [0.29, 0.717) is 16.9 Å². The van der Waals surface area contributed by atoms with Crippen LogP contribution in [0.5, 0.6) is 0 Å². The Morgan fingerprint density at radius 1 is 1.16 bits per heavy atom. The average molecular weight is 390 g/mol. The first-order valence-corrected chi connectivity index (χ1v) is 11.8. The summed E-state index contributed by atoms with van der Waals surface area (Å²) in [5.74, 6) is 1.63. The summed E-state index contributed by atoms with van der Waals surface area (Å²) in [6.07, 6.45) is 6.81. The van der Waals surface area contributed by atoms with Crippen molar-refractivity contribution >= 4 is 29.5 Å². The second-order valence-electron chi connectivity index (χ2n) is 8.36. The fourth-order valence-corrected chi connectivity index (χ4v) is 6.73.